The summed E-state index contributed by atoms with van der Waals surface area (Å²) in [5, 5.41) is 12.0. The Kier molecular flexibility index (Phi) is 3.28. The maximum atomic E-state index is 10.4. The molecule has 0 amide bonds. The van der Waals surface area contributed by atoms with E-state index in [-0.39, 0.29) is 6.10 Å². The number of rotatable bonds is 2. The molecule has 2 rings (SSSR count). The lowest BCUT2D eigenvalue weighted by molar-refractivity contribution is 0.183. The van der Waals surface area contributed by atoms with Gasteiger partial charge >= 0.3 is 0 Å². The smallest absolute Gasteiger partial charge is 0.0820 e. The van der Waals surface area contributed by atoms with Gasteiger partial charge in [0.1, 0.15) is 0 Å². The summed E-state index contributed by atoms with van der Waals surface area (Å²) in [6, 6.07) is 10.4. The van der Waals surface area contributed by atoms with Gasteiger partial charge in [-0.2, -0.15) is 0 Å². The van der Waals surface area contributed by atoms with Crippen molar-refractivity contribution in [2.75, 3.05) is 0 Å². The van der Waals surface area contributed by atoms with Crippen LogP contribution in [0.3, 0.4) is 0 Å². The third kappa shape index (κ3) is 2.38. The van der Waals surface area contributed by atoms with Gasteiger partial charge in [0.05, 0.1) is 14.2 Å². The van der Waals surface area contributed by atoms with Gasteiger partial charge in [-0.05, 0) is 23.5 Å². The zero-order chi connectivity index (χ0) is 12.6. The summed E-state index contributed by atoms with van der Waals surface area (Å²) >= 11 is 0. The first-order valence-corrected chi connectivity index (χ1v) is 9.88. The largest absolute Gasteiger partial charge is 0.388 e. The molecule has 92 valence electrons. The second kappa shape index (κ2) is 4.43. The molecule has 0 unspecified atom stereocenters. The van der Waals surface area contributed by atoms with Crippen LogP contribution in [0.2, 0.25) is 19.6 Å². The van der Waals surface area contributed by atoms with Gasteiger partial charge in [0.2, 0.25) is 0 Å². The average Bonchev–Trinajstić information content (AvgIpc) is 2.57. The van der Waals surface area contributed by atoms with E-state index in [0.29, 0.717) is 5.92 Å². The minimum Gasteiger partial charge on any atom is -0.388 e. The molecule has 1 aromatic carbocycles. The lowest BCUT2D eigenvalue weighted by atomic mass is 9.99. The zero-order valence-corrected chi connectivity index (χ0v) is 12.2. The summed E-state index contributed by atoms with van der Waals surface area (Å²) in [6.07, 6.45) is 0.792. The number of aliphatic hydroxyl groups is 1. The second-order valence-corrected chi connectivity index (χ2v) is 11.2. The summed E-state index contributed by atoms with van der Waals surface area (Å²) in [6.45, 7) is 9.27. The average molecular weight is 246 g/mol. The van der Waals surface area contributed by atoms with E-state index >= 15 is 0 Å². The molecule has 1 aromatic rings. The number of hydrogen-bond acceptors (Lipinski definition) is 1. The third-order valence-electron chi connectivity index (χ3n) is 3.68. The monoisotopic (exact) mass is 246 g/mol. The first-order chi connectivity index (χ1) is 7.91. The molecule has 0 saturated carbocycles. The van der Waals surface area contributed by atoms with Crippen LogP contribution in [-0.2, 0) is 0 Å². The molecule has 1 aliphatic carbocycles. The molecule has 0 aliphatic heterocycles. The van der Waals surface area contributed by atoms with Crippen molar-refractivity contribution in [3.63, 3.8) is 0 Å². The van der Waals surface area contributed by atoms with Crippen molar-refractivity contribution in [2.24, 2.45) is 5.92 Å². The molecule has 0 aromatic heterocycles. The topological polar surface area (TPSA) is 20.2 Å². The first-order valence-electron chi connectivity index (χ1n) is 6.38. The highest BCUT2D eigenvalue weighted by molar-refractivity contribution is 6.84. The number of benzene rings is 1. The molecule has 0 bridgehead atoms. The second-order valence-electron chi connectivity index (χ2n) is 6.13. The van der Waals surface area contributed by atoms with Crippen molar-refractivity contribution in [3.8, 4) is 0 Å². The van der Waals surface area contributed by atoms with Crippen molar-refractivity contribution in [3.05, 3.63) is 41.1 Å². The normalized spacial score (nSPS) is 25.5. The Balaban J connectivity index is 2.53. The molecule has 1 aliphatic rings. The van der Waals surface area contributed by atoms with E-state index in [1.54, 1.807) is 5.20 Å². The molecule has 2 atom stereocenters. The summed E-state index contributed by atoms with van der Waals surface area (Å²) in [5.74, 6) is 0.368. The van der Waals surface area contributed by atoms with E-state index in [0.717, 1.165) is 6.42 Å². The van der Waals surface area contributed by atoms with Crippen LogP contribution in [0.1, 0.15) is 18.9 Å². The number of allylic oxidation sites excluding steroid dienone is 1. The predicted octanol–water partition coefficient (Wildman–Crippen LogP) is 3.72. The Hall–Kier alpha value is -0.863. The minimum absolute atomic E-state index is 0.279. The SMILES string of the molecule is C[C@H]1CC([Si](C)(C)C)=C(c2ccccc2)[C@@H]1O. The highest BCUT2D eigenvalue weighted by Gasteiger charge is 2.36. The highest BCUT2D eigenvalue weighted by Crippen LogP contribution is 2.41. The fourth-order valence-corrected chi connectivity index (χ4v) is 4.71. The maximum absolute atomic E-state index is 10.4. The van der Waals surface area contributed by atoms with E-state index in [9.17, 15) is 5.11 Å². The highest BCUT2D eigenvalue weighted by atomic mass is 28.3. The Morgan fingerprint density at radius 3 is 2.24 bits per heavy atom. The Morgan fingerprint density at radius 1 is 1.12 bits per heavy atom. The van der Waals surface area contributed by atoms with Crippen molar-refractivity contribution in [1.82, 2.24) is 0 Å². The molecule has 0 fully saturated rings. The predicted molar refractivity (Wildman–Crippen MR) is 76.5 cm³/mol. The van der Waals surface area contributed by atoms with Gasteiger partial charge in [0.25, 0.3) is 0 Å². The van der Waals surface area contributed by atoms with Crippen molar-refractivity contribution < 1.29 is 5.11 Å². The maximum Gasteiger partial charge on any atom is 0.0820 e. The Labute approximate surface area is 105 Å². The fourth-order valence-electron chi connectivity index (χ4n) is 2.68. The third-order valence-corrected chi connectivity index (χ3v) is 5.96. The minimum atomic E-state index is -1.33. The lowest BCUT2D eigenvalue weighted by Gasteiger charge is -2.21. The summed E-state index contributed by atoms with van der Waals surface area (Å²) in [7, 11) is -1.33. The molecular weight excluding hydrogens is 224 g/mol. The van der Waals surface area contributed by atoms with Gasteiger partial charge in [0, 0.05) is 0 Å². The van der Waals surface area contributed by atoms with E-state index in [4.69, 9.17) is 0 Å². The van der Waals surface area contributed by atoms with E-state index in [1.807, 2.05) is 6.07 Å². The van der Waals surface area contributed by atoms with Crippen molar-refractivity contribution >= 4 is 13.6 Å². The molecule has 0 radical (unpaired) electrons. The molecule has 0 saturated heterocycles. The molecular formula is C15H22OSi. The van der Waals surface area contributed by atoms with Crippen LogP contribution in [0.25, 0.3) is 5.57 Å². The lowest BCUT2D eigenvalue weighted by Crippen LogP contribution is -2.24. The molecule has 0 spiro atoms. The van der Waals surface area contributed by atoms with Gasteiger partial charge in [-0.15, -0.1) is 0 Å². The van der Waals surface area contributed by atoms with Gasteiger partial charge in [-0.3, -0.25) is 0 Å². The summed E-state index contributed by atoms with van der Waals surface area (Å²) in [4.78, 5) is 0. The van der Waals surface area contributed by atoms with E-state index in [2.05, 4.69) is 50.8 Å². The van der Waals surface area contributed by atoms with Gasteiger partial charge < -0.3 is 5.11 Å². The standard InChI is InChI=1S/C15H22OSi/c1-11-10-13(17(2,3)4)14(15(11)16)12-8-6-5-7-9-12/h5-9,11,15-16H,10H2,1-4H3/t11-,15+/m0/s1. The molecule has 1 N–H and O–H groups in total. The van der Waals surface area contributed by atoms with Crippen LogP contribution >= 0.6 is 0 Å². The summed E-state index contributed by atoms with van der Waals surface area (Å²) < 4.78 is 0. The molecule has 17 heavy (non-hydrogen) atoms. The van der Waals surface area contributed by atoms with E-state index < -0.39 is 8.07 Å². The number of aliphatic hydroxyl groups excluding tert-OH is 1. The zero-order valence-electron chi connectivity index (χ0n) is 11.2. The first kappa shape index (κ1) is 12.6. The quantitative estimate of drug-likeness (QED) is 0.789. The summed E-state index contributed by atoms with van der Waals surface area (Å²) in [5.41, 5.74) is 2.43. The van der Waals surface area contributed by atoms with Crippen molar-refractivity contribution in [2.45, 2.75) is 39.1 Å². The van der Waals surface area contributed by atoms with E-state index in [1.165, 1.54) is 11.1 Å². The van der Waals surface area contributed by atoms with Crippen LogP contribution in [-0.4, -0.2) is 19.3 Å². The van der Waals surface area contributed by atoms with Crippen molar-refractivity contribution in [1.29, 1.82) is 0 Å². The molecule has 2 heteroatoms. The van der Waals surface area contributed by atoms with Gasteiger partial charge in [0.15, 0.2) is 0 Å². The van der Waals surface area contributed by atoms with Crippen LogP contribution in [0.15, 0.2) is 35.5 Å². The Morgan fingerprint density at radius 2 is 1.71 bits per heavy atom. The van der Waals surface area contributed by atoms with Crippen LogP contribution in [0.4, 0.5) is 0 Å². The van der Waals surface area contributed by atoms with Crippen LogP contribution < -0.4 is 0 Å². The van der Waals surface area contributed by atoms with Gasteiger partial charge in [-0.1, -0.05) is 62.1 Å². The fraction of sp³-hybridized carbons (Fsp3) is 0.467. The molecule has 0 heterocycles. The Bertz CT molecular complexity index is 428. The number of hydrogen-bond donors (Lipinski definition) is 1. The van der Waals surface area contributed by atoms with Gasteiger partial charge in [-0.25, -0.2) is 0 Å². The van der Waals surface area contributed by atoms with Crippen LogP contribution in [0.5, 0.6) is 0 Å². The van der Waals surface area contributed by atoms with Crippen LogP contribution in [0, 0.1) is 5.92 Å². The molecule has 1 nitrogen and oxygen atoms in total.